The molecule has 1 aliphatic rings. The van der Waals surface area contributed by atoms with Crippen LogP contribution < -0.4 is 5.32 Å². The summed E-state index contributed by atoms with van der Waals surface area (Å²) in [7, 11) is 0. The van der Waals surface area contributed by atoms with Crippen molar-refractivity contribution >= 4 is 5.91 Å². The SMILES string of the molecule is N#Cc1cccc(C(=O)NC[C@@H](c2ccc(F)cc2)N2CCOCC2)c1. The molecule has 6 heteroatoms. The van der Waals surface area contributed by atoms with Crippen molar-refractivity contribution < 1.29 is 13.9 Å². The molecule has 1 amide bonds. The summed E-state index contributed by atoms with van der Waals surface area (Å²) in [4.78, 5) is 14.7. The number of carbonyl (C=O) groups excluding carboxylic acids is 1. The molecule has 2 aromatic rings. The first kappa shape index (κ1) is 18.1. The van der Waals surface area contributed by atoms with E-state index in [0.717, 1.165) is 18.7 Å². The van der Waals surface area contributed by atoms with E-state index in [1.807, 2.05) is 6.07 Å². The van der Waals surface area contributed by atoms with Gasteiger partial charge in [-0.3, -0.25) is 9.69 Å². The van der Waals surface area contributed by atoms with Crippen molar-refractivity contribution in [2.24, 2.45) is 0 Å². The normalized spacial score (nSPS) is 15.8. The zero-order chi connectivity index (χ0) is 18.4. The number of nitriles is 1. The standard InChI is InChI=1S/C20H20FN3O2/c21-18-6-4-16(5-7-18)19(24-8-10-26-11-9-24)14-23-20(25)17-3-1-2-15(12-17)13-22/h1-7,12,19H,8-11,14H2,(H,23,25)/t19-/m0/s1. The molecule has 1 N–H and O–H groups in total. The molecule has 1 aliphatic heterocycles. The lowest BCUT2D eigenvalue weighted by Crippen LogP contribution is -2.43. The van der Waals surface area contributed by atoms with Crippen LogP contribution in [0.1, 0.15) is 27.5 Å². The Kier molecular flexibility index (Phi) is 5.95. The van der Waals surface area contributed by atoms with Crippen LogP contribution in [0.15, 0.2) is 48.5 Å². The Labute approximate surface area is 152 Å². The zero-order valence-corrected chi connectivity index (χ0v) is 14.3. The van der Waals surface area contributed by atoms with Gasteiger partial charge in [-0.05, 0) is 35.9 Å². The third-order valence-corrected chi connectivity index (χ3v) is 4.45. The van der Waals surface area contributed by atoms with Gasteiger partial charge in [0, 0.05) is 25.2 Å². The highest BCUT2D eigenvalue weighted by atomic mass is 19.1. The highest BCUT2D eigenvalue weighted by molar-refractivity contribution is 5.94. The first-order valence-corrected chi connectivity index (χ1v) is 8.53. The highest BCUT2D eigenvalue weighted by Gasteiger charge is 2.23. The minimum Gasteiger partial charge on any atom is -0.379 e. The minimum atomic E-state index is -0.285. The summed E-state index contributed by atoms with van der Waals surface area (Å²) < 4.78 is 18.7. The van der Waals surface area contributed by atoms with Crippen molar-refractivity contribution in [3.05, 3.63) is 71.0 Å². The van der Waals surface area contributed by atoms with E-state index in [9.17, 15) is 9.18 Å². The van der Waals surface area contributed by atoms with E-state index in [2.05, 4.69) is 10.2 Å². The van der Waals surface area contributed by atoms with Crippen molar-refractivity contribution in [2.45, 2.75) is 6.04 Å². The Balaban J connectivity index is 1.73. The van der Waals surface area contributed by atoms with Crippen molar-refractivity contribution in [1.82, 2.24) is 10.2 Å². The number of hydrogen-bond donors (Lipinski definition) is 1. The molecule has 1 fully saturated rings. The number of halogens is 1. The van der Waals surface area contributed by atoms with E-state index in [0.29, 0.717) is 30.9 Å². The summed E-state index contributed by atoms with van der Waals surface area (Å²) >= 11 is 0. The largest absolute Gasteiger partial charge is 0.379 e. The number of benzene rings is 2. The molecule has 1 heterocycles. The number of rotatable bonds is 5. The number of hydrogen-bond acceptors (Lipinski definition) is 4. The summed E-state index contributed by atoms with van der Waals surface area (Å²) in [5.41, 5.74) is 1.84. The average molecular weight is 353 g/mol. The lowest BCUT2D eigenvalue weighted by atomic mass is 10.0. The minimum absolute atomic E-state index is 0.0670. The van der Waals surface area contributed by atoms with Gasteiger partial charge in [-0.2, -0.15) is 5.26 Å². The molecule has 3 rings (SSSR count). The van der Waals surface area contributed by atoms with Crippen LogP contribution in [-0.4, -0.2) is 43.7 Å². The van der Waals surface area contributed by atoms with Gasteiger partial charge in [0.15, 0.2) is 0 Å². The fourth-order valence-corrected chi connectivity index (χ4v) is 3.05. The van der Waals surface area contributed by atoms with Crippen LogP contribution in [0.2, 0.25) is 0 Å². The molecule has 0 spiro atoms. The smallest absolute Gasteiger partial charge is 0.251 e. The van der Waals surface area contributed by atoms with Gasteiger partial charge in [-0.1, -0.05) is 18.2 Å². The third kappa shape index (κ3) is 4.45. The van der Waals surface area contributed by atoms with Gasteiger partial charge < -0.3 is 10.1 Å². The lowest BCUT2D eigenvalue weighted by molar-refractivity contribution is 0.0162. The van der Waals surface area contributed by atoms with Crippen LogP contribution in [0, 0.1) is 17.1 Å². The summed E-state index contributed by atoms with van der Waals surface area (Å²) in [6.07, 6.45) is 0. The Morgan fingerprint density at radius 3 is 2.65 bits per heavy atom. The van der Waals surface area contributed by atoms with Crippen LogP contribution in [0.25, 0.3) is 0 Å². The van der Waals surface area contributed by atoms with E-state index in [1.165, 1.54) is 12.1 Å². The molecule has 5 nitrogen and oxygen atoms in total. The van der Waals surface area contributed by atoms with Crippen molar-refractivity contribution in [2.75, 3.05) is 32.8 Å². The molecule has 0 saturated carbocycles. The van der Waals surface area contributed by atoms with Gasteiger partial charge in [0.05, 0.1) is 30.9 Å². The Morgan fingerprint density at radius 1 is 1.23 bits per heavy atom. The third-order valence-electron chi connectivity index (χ3n) is 4.45. The maximum atomic E-state index is 13.3. The number of amides is 1. The van der Waals surface area contributed by atoms with Crippen LogP contribution in [0.3, 0.4) is 0 Å². The number of nitrogens with one attached hydrogen (secondary N) is 1. The molecule has 0 aromatic heterocycles. The van der Waals surface area contributed by atoms with Gasteiger partial charge in [0.1, 0.15) is 5.82 Å². The lowest BCUT2D eigenvalue weighted by Gasteiger charge is -2.35. The molecule has 0 unspecified atom stereocenters. The highest BCUT2D eigenvalue weighted by Crippen LogP contribution is 2.22. The summed E-state index contributed by atoms with van der Waals surface area (Å²) in [5.74, 6) is -0.519. The molecule has 26 heavy (non-hydrogen) atoms. The van der Waals surface area contributed by atoms with Gasteiger partial charge in [0.2, 0.25) is 0 Å². The van der Waals surface area contributed by atoms with Gasteiger partial charge in [-0.15, -0.1) is 0 Å². The second-order valence-corrected chi connectivity index (χ2v) is 6.12. The Bertz CT molecular complexity index is 795. The number of carbonyl (C=O) groups is 1. The molecule has 134 valence electrons. The Hall–Kier alpha value is -2.75. The number of ether oxygens (including phenoxy) is 1. The number of morpholine rings is 1. The second-order valence-electron chi connectivity index (χ2n) is 6.12. The van der Waals surface area contributed by atoms with E-state index in [1.54, 1.807) is 36.4 Å². The van der Waals surface area contributed by atoms with Crippen molar-refractivity contribution in [3.8, 4) is 6.07 Å². The summed E-state index contributed by atoms with van der Waals surface area (Å²) in [6.45, 7) is 3.16. The zero-order valence-electron chi connectivity index (χ0n) is 14.3. The monoisotopic (exact) mass is 353 g/mol. The topological polar surface area (TPSA) is 65.4 Å². The Morgan fingerprint density at radius 2 is 1.96 bits per heavy atom. The van der Waals surface area contributed by atoms with E-state index in [-0.39, 0.29) is 17.8 Å². The van der Waals surface area contributed by atoms with Gasteiger partial charge in [-0.25, -0.2) is 4.39 Å². The first-order valence-electron chi connectivity index (χ1n) is 8.53. The number of nitrogens with zero attached hydrogens (tertiary/aromatic N) is 2. The van der Waals surface area contributed by atoms with Crippen LogP contribution >= 0.6 is 0 Å². The van der Waals surface area contributed by atoms with Gasteiger partial charge >= 0.3 is 0 Å². The fraction of sp³-hybridized carbons (Fsp3) is 0.300. The quantitative estimate of drug-likeness (QED) is 0.897. The maximum absolute atomic E-state index is 13.3. The molecular formula is C20H20FN3O2. The summed E-state index contributed by atoms with van der Waals surface area (Å²) in [5, 5.41) is 11.9. The van der Waals surface area contributed by atoms with Crippen LogP contribution in [0.5, 0.6) is 0 Å². The molecule has 1 saturated heterocycles. The van der Waals surface area contributed by atoms with Crippen LogP contribution in [-0.2, 0) is 4.74 Å². The predicted molar refractivity (Wildman–Crippen MR) is 95.0 cm³/mol. The molecule has 1 atom stereocenters. The van der Waals surface area contributed by atoms with Crippen molar-refractivity contribution in [1.29, 1.82) is 5.26 Å². The predicted octanol–water partition coefficient (Wildman–Crippen LogP) is 2.50. The van der Waals surface area contributed by atoms with E-state index < -0.39 is 0 Å². The molecule has 2 aromatic carbocycles. The summed E-state index contributed by atoms with van der Waals surface area (Å²) in [6, 6.07) is 14.9. The van der Waals surface area contributed by atoms with E-state index >= 15 is 0 Å². The molecular weight excluding hydrogens is 333 g/mol. The van der Waals surface area contributed by atoms with Crippen LogP contribution in [0.4, 0.5) is 4.39 Å². The maximum Gasteiger partial charge on any atom is 0.251 e. The van der Waals surface area contributed by atoms with Crippen molar-refractivity contribution in [3.63, 3.8) is 0 Å². The second kappa shape index (κ2) is 8.56. The molecule has 0 bridgehead atoms. The average Bonchev–Trinajstić information content (AvgIpc) is 2.70. The first-order chi connectivity index (χ1) is 12.7. The van der Waals surface area contributed by atoms with Gasteiger partial charge in [0.25, 0.3) is 5.91 Å². The fourth-order valence-electron chi connectivity index (χ4n) is 3.05. The van der Waals surface area contributed by atoms with E-state index in [4.69, 9.17) is 10.00 Å². The molecule has 0 aliphatic carbocycles. The molecule has 0 radical (unpaired) electrons.